The number of hydrogen-bond donors (Lipinski definition) is 2. The largest absolute Gasteiger partial charge is 0.356 e. The number of sulfonamides is 1. The van der Waals surface area contributed by atoms with Crippen LogP contribution in [0.1, 0.15) is 12.0 Å². The monoisotopic (exact) mass is 404 g/mol. The highest BCUT2D eigenvalue weighted by atomic mass is 32.2. The molecule has 0 saturated carbocycles. The number of nitrogens with one attached hydrogen (secondary N) is 2. The summed E-state index contributed by atoms with van der Waals surface area (Å²) in [6.07, 6.45) is 6.43. The number of imidazole rings is 1. The molecule has 3 rings (SSSR count). The lowest BCUT2D eigenvalue weighted by molar-refractivity contribution is -0.120. The van der Waals surface area contributed by atoms with Gasteiger partial charge in [-0.15, -0.1) is 11.3 Å². The van der Waals surface area contributed by atoms with Gasteiger partial charge in [0.25, 0.3) is 10.0 Å². The minimum absolute atomic E-state index is 0.0625. The van der Waals surface area contributed by atoms with Crippen LogP contribution in [-0.4, -0.2) is 30.4 Å². The van der Waals surface area contributed by atoms with Crippen molar-refractivity contribution in [3.05, 3.63) is 66.1 Å². The van der Waals surface area contributed by atoms with Crippen LogP contribution in [0.5, 0.6) is 0 Å². The van der Waals surface area contributed by atoms with Gasteiger partial charge in [-0.3, -0.25) is 9.52 Å². The molecule has 9 heteroatoms. The number of thiophene rings is 1. The standard InChI is InChI=1S/C18H20N4O3S2/c23-17(20-8-2-10-22-11-9-19-14-22)13-15-4-6-16(7-5-15)21-27(24,25)18-3-1-12-26-18/h1,3-7,9,11-12,14,21H,2,8,10,13H2,(H,20,23). The lowest BCUT2D eigenvalue weighted by Gasteiger charge is -2.08. The second kappa shape index (κ2) is 8.83. The topological polar surface area (TPSA) is 93.1 Å². The van der Waals surface area contributed by atoms with Crippen molar-refractivity contribution in [3.8, 4) is 0 Å². The van der Waals surface area contributed by atoms with Crippen molar-refractivity contribution in [1.29, 1.82) is 0 Å². The molecule has 0 unspecified atom stereocenters. The maximum absolute atomic E-state index is 12.2. The molecule has 0 bridgehead atoms. The van der Waals surface area contributed by atoms with Crippen LogP contribution in [0.3, 0.4) is 0 Å². The second-order valence-corrected chi connectivity index (χ2v) is 8.77. The number of carbonyl (C=O) groups excluding carboxylic acids is 1. The third-order valence-electron chi connectivity index (χ3n) is 3.81. The molecule has 1 aromatic carbocycles. The van der Waals surface area contributed by atoms with E-state index >= 15 is 0 Å². The van der Waals surface area contributed by atoms with E-state index in [4.69, 9.17) is 0 Å². The van der Waals surface area contributed by atoms with Crippen LogP contribution < -0.4 is 10.0 Å². The van der Waals surface area contributed by atoms with Crippen LogP contribution in [0.4, 0.5) is 5.69 Å². The third-order valence-corrected chi connectivity index (χ3v) is 6.58. The molecule has 2 heterocycles. The lowest BCUT2D eigenvalue weighted by Crippen LogP contribution is -2.26. The van der Waals surface area contributed by atoms with Crippen molar-refractivity contribution in [2.45, 2.75) is 23.6 Å². The van der Waals surface area contributed by atoms with Crippen molar-refractivity contribution in [2.24, 2.45) is 0 Å². The number of aromatic nitrogens is 2. The summed E-state index contributed by atoms with van der Waals surface area (Å²) >= 11 is 1.16. The van der Waals surface area contributed by atoms with Crippen molar-refractivity contribution in [3.63, 3.8) is 0 Å². The van der Waals surface area contributed by atoms with Gasteiger partial charge in [-0.1, -0.05) is 18.2 Å². The quantitative estimate of drug-likeness (QED) is 0.536. The van der Waals surface area contributed by atoms with Crippen molar-refractivity contribution < 1.29 is 13.2 Å². The molecule has 0 fully saturated rings. The Balaban J connectivity index is 1.45. The Bertz CT molecular complexity index is 951. The first-order valence-electron chi connectivity index (χ1n) is 8.41. The first kappa shape index (κ1) is 19.1. The Morgan fingerprint density at radius 2 is 2.00 bits per heavy atom. The first-order chi connectivity index (χ1) is 13.0. The summed E-state index contributed by atoms with van der Waals surface area (Å²) in [4.78, 5) is 16.0. The van der Waals surface area contributed by atoms with Gasteiger partial charge < -0.3 is 9.88 Å². The molecule has 2 N–H and O–H groups in total. The molecule has 0 atom stereocenters. The van der Waals surface area contributed by atoms with Crippen LogP contribution in [0, 0.1) is 0 Å². The summed E-state index contributed by atoms with van der Waals surface area (Å²) in [7, 11) is -3.56. The summed E-state index contributed by atoms with van der Waals surface area (Å²) in [5, 5.41) is 4.60. The van der Waals surface area contributed by atoms with Gasteiger partial charge in [0.2, 0.25) is 5.91 Å². The highest BCUT2D eigenvalue weighted by Gasteiger charge is 2.15. The maximum atomic E-state index is 12.2. The lowest BCUT2D eigenvalue weighted by atomic mass is 10.1. The number of hydrogen-bond acceptors (Lipinski definition) is 5. The van der Waals surface area contributed by atoms with Crippen LogP contribution in [0.25, 0.3) is 0 Å². The fourth-order valence-electron chi connectivity index (χ4n) is 2.47. The Kier molecular flexibility index (Phi) is 6.25. The summed E-state index contributed by atoms with van der Waals surface area (Å²) in [5.41, 5.74) is 1.29. The molecule has 0 radical (unpaired) electrons. The predicted molar refractivity (Wildman–Crippen MR) is 105 cm³/mol. The number of aryl methyl sites for hydroxylation is 1. The second-order valence-electron chi connectivity index (χ2n) is 5.92. The first-order valence-corrected chi connectivity index (χ1v) is 10.8. The zero-order valence-corrected chi connectivity index (χ0v) is 16.2. The van der Waals surface area contributed by atoms with E-state index < -0.39 is 10.0 Å². The fourth-order valence-corrected chi connectivity index (χ4v) is 4.52. The zero-order valence-electron chi connectivity index (χ0n) is 14.5. The smallest absolute Gasteiger partial charge is 0.271 e. The number of nitrogens with zero attached hydrogens (tertiary/aromatic N) is 2. The fraction of sp³-hybridized carbons (Fsp3) is 0.222. The van der Waals surface area contributed by atoms with Gasteiger partial charge >= 0.3 is 0 Å². The van der Waals surface area contributed by atoms with Gasteiger partial charge in [0.15, 0.2) is 0 Å². The average molecular weight is 405 g/mol. The van der Waals surface area contributed by atoms with E-state index in [0.717, 1.165) is 29.9 Å². The molecular weight excluding hydrogens is 384 g/mol. The van der Waals surface area contributed by atoms with E-state index in [9.17, 15) is 13.2 Å². The number of rotatable bonds is 9. The van der Waals surface area contributed by atoms with Gasteiger partial charge in [0, 0.05) is 31.2 Å². The van der Waals surface area contributed by atoms with Gasteiger partial charge in [-0.05, 0) is 35.6 Å². The van der Waals surface area contributed by atoms with E-state index in [2.05, 4.69) is 15.0 Å². The number of anilines is 1. The van der Waals surface area contributed by atoms with E-state index in [1.165, 1.54) is 0 Å². The van der Waals surface area contributed by atoms with Crippen LogP contribution >= 0.6 is 11.3 Å². The van der Waals surface area contributed by atoms with Crippen LogP contribution in [-0.2, 0) is 27.8 Å². The van der Waals surface area contributed by atoms with E-state index in [1.54, 1.807) is 54.3 Å². The molecule has 0 spiro atoms. The van der Waals surface area contributed by atoms with Crippen LogP contribution in [0.15, 0.2) is 64.7 Å². The number of amides is 1. The molecule has 3 aromatic rings. The Labute approximate surface area is 162 Å². The van der Waals surface area contributed by atoms with E-state index in [-0.39, 0.29) is 16.5 Å². The Morgan fingerprint density at radius 1 is 1.19 bits per heavy atom. The highest BCUT2D eigenvalue weighted by Crippen LogP contribution is 2.20. The maximum Gasteiger partial charge on any atom is 0.271 e. The van der Waals surface area contributed by atoms with E-state index in [0.29, 0.717) is 12.2 Å². The molecule has 1 amide bonds. The van der Waals surface area contributed by atoms with Crippen LogP contribution in [0.2, 0.25) is 0 Å². The summed E-state index contributed by atoms with van der Waals surface area (Å²) in [6, 6.07) is 10.1. The highest BCUT2D eigenvalue weighted by molar-refractivity contribution is 7.94. The molecule has 0 aliphatic heterocycles. The zero-order chi connectivity index (χ0) is 19.1. The SMILES string of the molecule is O=C(Cc1ccc(NS(=O)(=O)c2cccs2)cc1)NCCCn1ccnc1. The minimum atomic E-state index is -3.56. The molecule has 0 aliphatic rings. The molecule has 27 heavy (non-hydrogen) atoms. The van der Waals surface area contributed by atoms with Gasteiger partial charge in [-0.2, -0.15) is 0 Å². The number of benzene rings is 1. The van der Waals surface area contributed by atoms with Crippen molar-refractivity contribution in [1.82, 2.24) is 14.9 Å². The summed E-state index contributed by atoms with van der Waals surface area (Å²) in [5.74, 6) is -0.0625. The summed E-state index contributed by atoms with van der Waals surface area (Å²) < 4.78 is 29.1. The normalized spacial score (nSPS) is 11.3. The van der Waals surface area contributed by atoms with Crippen molar-refractivity contribution >= 4 is 33.0 Å². The Hall–Kier alpha value is -2.65. The molecule has 2 aromatic heterocycles. The number of carbonyl (C=O) groups is 1. The van der Waals surface area contributed by atoms with E-state index in [1.807, 2.05) is 10.8 Å². The summed E-state index contributed by atoms with van der Waals surface area (Å²) in [6.45, 7) is 1.40. The van der Waals surface area contributed by atoms with Gasteiger partial charge in [-0.25, -0.2) is 13.4 Å². The Morgan fingerprint density at radius 3 is 2.67 bits per heavy atom. The average Bonchev–Trinajstić information content (AvgIpc) is 3.34. The predicted octanol–water partition coefficient (Wildman–Crippen LogP) is 2.49. The minimum Gasteiger partial charge on any atom is -0.356 e. The molecule has 0 saturated heterocycles. The van der Waals surface area contributed by atoms with Gasteiger partial charge in [0.05, 0.1) is 12.7 Å². The van der Waals surface area contributed by atoms with Gasteiger partial charge in [0.1, 0.15) is 4.21 Å². The third kappa shape index (κ3) is 5.66. The molecule has 7 nitrogen and oxygen atoms in total. The molecule has 142 valence electrons. The molecular formula is C18H20N4O3S2. The molecule has 0 aliphatic carbocycles. The van der Waals surface area contributed by atoms with Crippen molar-refractivity contribution in [2.75, 3.05) is 11.3 Å².